The smallest absolute Gasteiger partial charge is 0.311 e. The summed E-state index contributed by atoms with van der Waals surface area (Å²) >= 11 is 0. The molecule has 2 heterocycles. The fourth-order valence-corrected chi connectivity index (χ4v) is 6.22. The highest BCUT2D eigenvalue weighted by atomic mass is 32.2. The van der Waals surface area contributed by atoms with Crippen LogP contribution in [0.3, 0.4) is 0 Å². The first kappa shape index (κ1) is 24.0. The maximum absolute atomic E-state index is 13.6. The molecule has 1 aliphatic heterocycles. The van der Waals surface area contributed by atoms with Crippen LogP contribution in [0.4, 0.5) is 0 Å². The van der Waals surface area contributed by atoms with Crippen LogP contribution in [0.2, 0.25) is 0 Å². The molecule has 0 amide bonds. The van der Waals surface area contributed by atoms with Gasteiger partial charge in [0.2, 0.25) is 10.0 Å². The van der Waals surface area contributed by atoms with Crippen molar-refractivity contribution in [3.8, 4) is 5.75 Å². The van der Waals surface area contributed by atoms with E-state index in [0.29, 0.717) is 30.2 Å². The third-order valence-electron chi connectivity index (χ3n) is 6.21. The lowest BCUT2D eigenvalue weighted by atomic mass is 10.1. The Morgan fingerprint density at radius 1 is 1.24 bits per heavy atom. The third kappa shape index (κ3) is 4.33. The zero-order chi connectivity index (χ0) is 24.5. The van der Waals surface area contributed by atoms with E-state index in [1.807, 2.05) is 42.8 Å². The lowest BCUT2D eigenvalue weighted by molar-refractivity contribution is -0.139. The minimum atomic E-state index is -3.77. The number of hydrogen-bond donors (Lipinski definition) is 0. The van der Waals surface area contributed by atoms with Crippen molar-refractivity contribution >= 4 is 33.0 Å². The Balaban J connectivity index is 1.68. The van der Waals surface area contributed by atoms with Gasteiger partial charge in [0.1, 0.15) is 5.75 Å². The number of fused-ring (bicyclic) bond motifs is 1. The first-order valence-electron chi connectivity index (χ1n) is 11.2. The van der Waals surface area contributed by atoms with E-state index in [2.05, 4.69) is 6.58 Å². The van der Waals surface area contributed by atoms with E-state index >= 15 is 0 Å². The number of esters is 1. The number of rotatable bonds is 8. The number of carbonyl (C=O) groups excluding carboxylic acids is 1. The summed E-state index contributed by atoms with van der Waals surface area (Å²) in [6.45, 7) is 8.80. The zero-order valence-electron chi connectivity index (χ0n) is 19.6. The molecule has 0 N–H and O–H groups in total. The Kier molecular flexibility index (Phi) is 6.77. The summed E-state index contributed by atoms with van der Waals surface area (Å²) in [4.78, 5) is 12.1. The molecule has 1 aromatic heterocycles. The molecule has 2 aromatic carbocycles. The van der Waals surface area contributed by atoms with Crippen molar-refractivity contribution in [3.63, 3.8) is 0 Å². The maximum atomic E-state index is 13.6. The lowest BCUT2D eigenvalue weighted by Gasteiger charge is -2.19. The van der Waals surface area contributed by atoms with E-state index in [-0.39, 0.29) is 35.8 Å². The second kappa shape index (κ2) is 9.60. The van der Waals surface area contributed by atoms with Crippen LogP contribution in [0.1, 0.15) is 31.1 Å². The molecule has 0 radical (unpaired) electrons. The molecule has 0 unspecified atom stereocenters. The molecule has 4 rings (SSSR count). The van der Waals surface area contributed by atoms with Crippen LogP contribution in [0, 0.1) is 5.92 Å². The summed E-state index contributed by atoms with van der Waals surface area (Å²) in [5, 5.41) is 5.59. The zero-order valence-corrected chi connectivity index (χ0v) is 20.4. The number of aromatic nitrogens is 2. The predicted octanol–water partition coefficient (Wildman–Crippen LogP) is 3.68. The van der Waals surface area contributed by atoms with Gasteiger partial charge in [-0.3, -0.25) is 9.48 Å². The number of ether oxygens (including phenoxy) is 2. The van der Waals surface area contributed by atoms with Crippen LogP contribution in [0.25, 0.3) is 17.0 Å². The monoisotopic (exact) mass is 483 g/mol. The van der Waals surface area contributed by atoms with E-state index in [0.717, 1.165) is 10.9 Å². The Morgan fingerprint density at radius 3 is 2.71 bits per heavy atom. The topological polar surface area (TPSA) is 90.7 Å². The van der Waals surface area contributed by atoms with Crippen molar-refractivity contribution in [2.24, 2.45) is 5.92 Å². The van der Waals surface area contributed by atoms with Gasteiger partial charge in [-0.05, 0) is 42.7 Å². The van der Waals surface area contributed by atoms with Gasteiger partial charge in [0.15, 0.2) is 0 Å². The number of carbonyl (C=O) groups is 1. The number of sulfonamides is 1. The van der Waals surface area contributed by atoms with Gasteiger partial charge in [-0.15, -0.1) is 0 Å². The molecule has 0 bridgehead atoms. The summed E-state index contributed by atoms with van der Waals surface area (Å²) in [6.07, 6.45) is 1.59. The highest BCUT2D eigenvalue weighted by Crippen LogP contribution is 2.36. The average molecular weight is 484 g/mol. The summed E-state index contributed by atoms with van der Waals surface area (Å²) in [5.41, 5.74) is 1.99. The number of methoxy groups -OCH3 is 1. The molecule has 0 spiro atoms. The quantitative estimate of drug-likeness (QED) is 0.454. The van der Waals surface area contributed by atoms with Crippen molar-refractivity contribution in [2.75, 3.05) is 26.8 Å². The summed E-state index contributed by atoms with van der Waals surface area (Å²) in [7, 11) is -2.42. The van der Waals surface area contributed by atoms with E-state index in [4.69, 9.17) is 14.6 Å². The number of benzene rings is 2. The Hall–Kier alpha value is -3.17. The van der Waals surface area contributed by atoms with Crippen LogP contribution >= 0.6 is 0 Å². The van der Waals surface area contributed by atoms with Crippen LogP contribution in [-0.4, -0.2) is 55.3 Å². The van der Waals surface area contributed by atoms with Crippen LogP contribution in [0.15, 0.2) is 53.9 Å². The van der Waals surface area contributed by atoms with Crippen molar-refractivity contribution in [3.05, 3.63) is 60.3 Å². The van der Waals surface area contributed by atoms with E-state index in [1.54, 1.807) is 18.2 Å². The maximum Gasteiger partial charge on any atom is 0.311 e. The number of nitrogens with zero attached hydrogens (tertiary/aromatic N) is 3. The first-order chi connectivity index (χ1) is 16.3. The van der Waals surface area contributed by atoms with Crippen molar-refractivity contribution in [2.45, 2.75) is 31.2 Å². The molecular formula is C25H29N3O5S. The SMILES string of the molecule is C=Cc1cc(OCC)ccc1S(=O)(=O)N1C[C@@H](C)[C@@H](n2nc(CC(=O)OC)c3ccccc32)C1. The van der Waals surface area contributed by atoms with Crippen molar-refractivity contribution in [1.82, 2.24) is 14.1 Å². The van der Waals surface area contributed by atoms with Gasteiger partial charge in [-0.1, -0.05) is 37.8 Å². The molecule has 3 aromatic rings. The molecule has 0 aliphatic carbocycles. The van der Waals surface area contributed by atoms with Gasteiger partial charge in [0, 0.05) is 18.5 Å². The second-order valence-corrected chi connectivity index (χ2v) is 10.3. The number of hydrogen-bond acceptors (Lipinski definition) is 6. The molecule has 2 atom stereocenters. The van der Waals surface area contributed by atoms with E-state index in [1.165, 1.54) is 17.5 Å². The molecule has 1 saturated heterocycles. The molecule has 0 saturated carbocycles. The summed E-state index contributed by atoms with van der Waals surface area (Å²) in [5.74, 6) is 0.246. The van der Waals surface area contributed by atoms with Crippen molar-refractivity contribution in [1.29, 1.82) is 0 Å². The van der Waals surface area contributed by atoms with Gasteiger partial charge in [-0.25, -0.2) is 8.42 Å². The molecular weight excluding hydrogens is 454 g/mol. The molecule has 34 heavy (non-hydrogen) atoms. The van der Waals surface area contributed by atoms with Gasteiger partial charge in [0.25, 0.3) is 0 Å². The fraction of sp³-hybridized carbons (Fsp3) is 0.360. The van der Waals surface area contributed by atoms with E-state index < -0.39 is 10.0 Å². The summed E-state index contributed by atoms with van der Waals surface area (Å²) in [6, 6.07) is 12.4. The largest absolute Gasteiger partial charge is 0.494 e. The minimum absolute atomic E-state index is 0.0129. The first-order valence-corrected chi connectivity index (χ1v) is 12.7. The van der Waals surface area contributed by atoms with Crippen LogP contribution < -0.4 is 4.74 Å². The van der Waals surface area contributed by atoms with Crippen LogP contribution in [0.5, 0.6) is 5.75 Å². The third-order valence-corrected chi connectivity index (χ3v) is 8.12. The number of para-hydroxylation sites is 1. The Labute approximate surface area is 199 Å². The Morgan fingerprint density at radius 2 is 2.00 bits per heavy atom. The molecule has 8 nitrogen and oxygen atoms in total. The summed E-state index contributed by atoms with van der Waals surface area (Å²) < 4.78 is 40.9. The van der Waals surface area contributed by atoms with E-state index in [9.17, 15) is 13.2 Å². The van der Waals surface area contributed by atoms with Gasteiger partial charge in [0.05, 0.1) is 42.3 Å². The molecule has 1 fully saturated rings. The highest BCUT2D eigenvalue weighted by Gasteiger charge is 2.40. The normalized spacial score (nSPS) is 18.8. The highest BCUT2D eigenvalue weighted by molar-refractivity contribution is 7.89. The predicted molar refractivity (Wildman–Crippen MR) is 130 cm³/mol. The average Bonchev–Trinajstić information content (AvgIpc) is 3.40. The van der Waals surface area contributed by atoms with Gasteiger partial charge in [-0.2, -0.15) is 9.40 Å². The van der Waals surface area contributed by atoms with Gasteiger partial charge >= 0.3 is 5.97 Å². The molecule has 1 aliphatic rings. The lowest BCUT2D eigenvalue weighted by Crippen LogP contribution is -2.30. The fourth-order valence-electron chi connectivity index (χ4n) is 4.48. The van der Waals surface area contributed by atoms with Crippen molar-refractivity contribution < 1.29 is 22.7 Å². The minimum Gasteiger partial charge on any atom is -0.494 e. The Bertz CT molecular complexity index is 1330. The molecule has 180 valence electrons. The second-order valence-electron chi connectivity index (χ2n) is 8.36. The molecule has 9 heteroatoms. The van der Waals surface area contributed by atoms with Crippen LogP contribution in [-0.2, 0) is 26.0 Å². The standard InChI is InChI=1S/C25H29N3O5S/c1-5-18-13-19(33-6-2)11-12-24(18)34(30,31)27-15-17(3)23(16-27)28-22-10-8-7-9-20(22)21(26-28)14-25(29)32-4/h5,7-13,17,23H,1,6,14-16H2,2-4H3/t17-,23+/m1/s1. The van der Waals surface area contributed by atoms with Gasteiger partial charge < -0.3 is 9.47 Å².